The third-order valence-corrected chi connectivity index (χ3v) is 3.38. The van der Waals surface area contributed by atoms with Crippen LogP contribution in [0, 0.1) is 23.0 Å². The van der Waals surface area contributed by atoms with E-state index in [2.05, 4.69) is 19.2 Å². The van der Waals surface area contributed by atoms with Gasteiger partial charge in [-0.2, -0.15) is 0 Å². The number of nitrogens with one attached hydrogen (secondary N) is 1. The van der Waals surface area contributed by atoms with E-state index in [1.165, 1.54) is 6.07 Å². The molecule has 1 amide bonds. The van der Waals surface area contributed by atoms with Crippen molar-refractivity contribution in [2.24, 2.45) is 5.92 Å². The third-order valence-electron chi connectivity index (χ3n) is 3.38. The normalized spacial score (nSPS) is 10.5. The molecule has 0 aromatic heterocycles. The van der Waals surface area contributed by atoms with Crippen LogP contribution >= 0.6 is 0 Å². The third kappa shape index (κ3) is 3.77. The largest absolute Gasteiger partial charge is 0.352 e. The number of carbonyl (C=O) groups excluding carboxylic acids is 1. The lowest BCUT2D eigenvalue weighted by atomic mass is 10.0. The van der Waals surface area contributed by atoms with Crippen LogP contribution in [0.3, 0.4) is 0 Å². The number of rotatable bonds is 6. The lowest BCUT2D eigenvalue weighted by Crippen LogP contribution is -2.30. The molecule has 0 unspecified atom stereocenters. The van der Waals surface area contributed by atoms with Gasteiger partial charge in [-0.15, -0.1) is 0 Å². The summed E-state index contributed by atoms with van der Waals surface area (Å²) in [6.45, 7) is 6.39. The standard InChI is InChI=1S/C14H20N2O3/c1-4-11(5-2)9-15-14(17)13-10(3)7-6-8-12(13)16(18)19/h6-8,11H,4-5,9H2,1-3H3,(H,15,17). The van der Waals surface area contributed by atoms with E-state index in [0.717, 1.165) is 12.8 Å². The van der Waals surface area contributed by atoms with Crippen molar-refractivity contribution in [3.8, 4) is 0 Å². The van der Waals surface area contributed by atoms with Crippen LogP contribution in [0.5, 0.6) is 0 Å². The molecule has 0 atom stereocenters. The van der Waals surface area contributed by atoms with Crippen LogP contribution in [-0.2, 0) is 0 Å². The van der Waals surface area contributed by atoms with E-state index < -0.39 is 4.92 Å². The van der Waals surface area contributed by atoms with Gasteiger partial charge in [0.2, 0.25) is 0 Å². The first kappa shape index (κ1) is 15.1. The van der Waals surface area contributed by atoms with Crippen LogP contribution in [-0.4, -0.2) is 17.4 Å². The predicted octanol–water partition coefficient (Wildman–Crippen LogP) is 3.07. The van der Waals surface area contributed by atoms with Gasteiger partial charge in [0, 0.05) is 12.6 Å². The Balaban J connectivity index is 2.90. The maximum absolute atomic E-state index is 12.1. The SMILES string of the molecule is CCC(CC)CNC(=O)c1c(C)cccc1[N+](=O)[O-]. The van der Waals surface area contributed by atoms with Crippen LogP contribution < -0.4 is 5.32 Å². The molecule has 0 saturated carbocycles. The van der Waals surface area contributed by atoms with Crippen molar-refractivity contribution in [3.63, 3.8) is 0 Å². The highest BCUT2D eigenvalue weighted by atomic mass is 16.6. The van der Waals surface area contributed by atoms with E-state index in [4.69, 9.17) is 0 Å². The van der Waals surface area contributed by atoms with Crippen molar-refractivity contribution >= 4 is 11.6 Å². The Morgan fingerprint density at radius 1 is 1.37 bits per heavy atom. The first-order valence-corrected chi connectivity index (χ1v) is 6.53. The molecule has 5 heteroatoms. The minimum absolute atomic E-state index is 0.137. The maximum atomic E-state index is 12.1. The van der Waals surface area contributed by atoms with Gasteiger partial charge in [0.1, 0.15) is 5.56 Å². The first-order chi connectivity index (χ1) is 9.01. The van der Waals surface area contributed by atoms with Gasteiger partial charge in [-0.3, -0.25) is 14.9 Å². The molecule has 0 heterocycles. The van der Waals surface area contributed by atoms with Gasteiger partial charge >= 0.3 is 0 Å². The number of nitrogens with zero attached hydrogens (tertiary/aromatic N) is 1. The molecule has 1 N–H and O–H groups in total. The highest BCUT2D eigenvalue weighted by Crippen LogP contribution is 2.21. The maximum Gasteiger partial charge on any atom is 0.282 e. The summed E-state index contributed by atoms with van der Waals surface area (Å²) in [5.74, 6) is 0.0451. The second kappa shape index (κ2) is 6.87. The molecule has 0 saturated heterocycles. The van der Waals surface area contributed by atoms with E-state index in [-0.39, 0.29) is 17.2 Å². The molecule has 19 heavy (non-hydrogen) atoms. The fraction of sp³-hybridized carbons (Fsp3) is 0.500. The number of nitro benzene ring substituents is 1. The van der Waals surface area contributed by atoms with Crippen LogP contribution in [0.1, 0.15) is 42.6 Å². The van der Waals surface area contributed by atoms with Crippen LogP contribution in [0.25, 0.3) is 0 Å². The lowest BCUT2D eigenvalue weighted by Gasteiger charge is -2.14. The average molecular weight is 264 g/mol. The zero-order valence-corrected chi connectivity index (χ0v) is 11.6. The van der Waals surface area contributed by atoms with E-state index in [9.17, 15) is 14.9 Å². The highest BCUT2D eigenvalue weighted by Gasteiger charge is 2.22. The number of nitro groups is 1. The minimum atomic E-state index is -0.515. The van der Waals surface area contributed by atoms with Gasteiger partial charge in [0.15, 0.2) is 0 Å². The molecule has 0 fully saturated rings. The van der Waals surface area contributed by atoms with Crippen LogP contribution in [0.2, 0.25) is 0 Å². The highest BCUT2D eigenvalue weighted by molar-refractivity contribution is 5.99. The molecular formula is C14H20N2O3. The molecule has 0 radical (unpaired) electrons. The van der Waals surface area contributed by atoms with Crippen molar-refractivity contribution in [1.29, 1.82) is 0 Å². The summed E-state index contributed by atoms with van der Waals surface area (Å²) in [7, 11) is 0. The minimum Gasteiger partial charge on any atom is -0.352 e. The Morgan fingerprint density at radius 2 is 2.00 bits per heavy atom. The molecule has 0 spiro atoms. The number of benzene rings is 1. The molecule has 104 valence electrons. The predicted molar refractivity (Wildman–Crippen MR) is 74.2 cm³/mol. The Labute approximate surface area is 113 Å². The summed E-state index contributed by atoms with van der Waals surface area (Å²) in [5.41, 5.74) is 0.650. The van der Waals surface area contributed by atoms with Gasteiger partial charge in [-0.25, -0.2) is 0 Å². The summed E-state index contributed by atoms with van der Waals surface area (Å²) in [6, 6.07) is 4.66. The Kier molecular flexibility index (Phi) is 5.48. The van der Waals surface area contributed by atoms with Gasteiger partial charge in [-0.1, -0.05) is 38.8 Å². The summed E-state index contributed by atoms with van der Waals surface area (Å²) in [4.78, 5) is 22.6. The first-order valence-electron chi connectivity index (χ1n) is 6.53. The van der Waals surface area contributed by atoms with E-state index in [0.29, 0.717) is 18.0 Å². The van der Waals surface area contributed by atoms with Crippen molar-refractivity contribution in [3.05, 3.63) is 39.4 Å². The molecule has 5 nitrogen and oxygen atoms in total. The second-order valence-corrected chi connectivity index (χ2v) is 4.62. The molecule has 0 aliphatic rings. The lowest BCUT2D eigenvalue weighted by molar-refractivity contribution is -0.385. The van der Waals surface area contributed by atoms with Crippen molar-refractivity contribution in [2.75, 3.05) is 6.54 Å². The molecule has 1 aromatic rings. The Bertz CT molecular complexity index is 468. The fourth-order valence-electron chi connectivity index (χ4n) is 2.00. The van der Waals surface area contributed by atoms with E-state index >= 15 is 0 Å². The topological polar surface area (TPSA) is 72.2 Å². The van der Waals surface area contributed by atoms with Crippen LogP contribution in [0.4, 0.5) is 5.69 Å². The number of amides is 1. The molecule has 0 bridgehead atoms. The quantitative estimate of drug-likeness (QED) is 0.634. The van der Waals surface area contributed by atoms with E-state index in [1.54, 1.807) is 19.1 Å². The zero-order chi connectivity index (χ0) is 14.4. The number of aryl methyl sites for hydroxylation is 1. The number of hydrogen-bond donors (Lipinski definition) is 1. The van der Waals surface area contributed by atoms with Crippen LogP contribution in [0.15, 0.2) is 18.2 Å². The summed E-state index contributed by atoms with van der Waals surface area (Å²) < 4.78 is 0. The Hall–Kier alpha value is -1.91. The fourth-order valence-corrected chi connectivity index (χ4v) is 2.00. The molecule has 1 rings (SSSR count). The molecule has 1 aromatic carbocycles. The Morgan fingerprint density at radius 3 is 2.53 bits per heavy atom. The van der Waals surface area contributed by atoms with Gasteiger partial charge in [0.05, 0.1) is 4.92 Å². The zero-order valence-electron chi connectivity index (χ0n) is 11.6. The summed E-state index contributed by atoms with van der Waals surface area (Å²) in [5, 5.41) is 13.7. The summed E-state index contributed by atoms with van der Waals surface area (Å²) >= 11 is 0. The number of hydrogen-bond acceptors (Lipinski definition) is 3. The summed E-state index contributed by atoms with van der Waals surface area (Å²) in [6.07, 6.45) is 1.96. The number of carbonyl (C=O) groups is 1. The van der Waals surface area contributed by atoms with Crippen molar-refractivity contribution in [2.45, 2.75) is 33.6 Å². The second-order valence-electron chi connectivity index (χ2n) is 4.62. The molecule has 0 aliphatic carbocycles. The monoisotopic (exact) mass is 264 g/mol. The smallest absolute Gasteiger partial charge is 0.282 e. The molecule has 0 aliphatic heterocycles. The van der Waals surface area contributed by atoms with Crippen molar-refractivity contribution < 1.29 is 9.72 Å². The molecular weight excluding hydrogens is 244 g/mol. The van der Waals surface area contributed by atoms with Gasteiger partial charge < -0.3 is 5.32 Å². The average Bonchev–Trinajstić information content (AvgIpc) is 2.39. The van der Waals surface area contributed by atoms with E-state index in [1.807, 2.05) is 0 Å². The van der Waals surface area contributed by atoms with Gasteiger partial charge in [0.25, 0.3) is 11.6 Å². The van der Waals surface area contributed by atoms with Crippen molar-refractivity contribution in [1.82, 2.24) is 5.32 Å². The van der Waals surface area contributed by atoms with Gasteiger partial charge in [-0.05, 0) is 18.4 Å².